The number of hydrogen-bond acceptors (Lipinski definition) is 3. The summed E-state index contributed by atoms with van der Waals surface area (Å²) in [7, 11) is 0. The molecule has 0 aromatic carbocycles. The fourth-order valence-corrected chi connectivity index (χ4v) is 1.82. The second kappa shape index (κ2) is 6.61. The molecule has 2 atom stereocenters. The van der Waals surface area contributed by atoms with Crippen LogP contribution in [0.5, 0.6) is 0 Å². The highest BCUT2D eigenvalue weighted by Crippen LogP contribution is 2.21. The second-order valence-corrected chi connectivity index (χ2v) is 4.59. The molecule has 0 bridgehead atoms. The molecule has 16 heavy (non-hydrogen) atoms. The third kappa shape index (κ3) is 3.91. The Labute approximate surface area is 97.9 Å². The van der Waals surface area contributed by atoms with Gasteiger partial charge in [-0.3, -0.25) is 4.98 Å². The second-order valence-electron chi connectivity index (χ2n) is 4.59. The minimum atomic E-state index is 0.228. The number of pyridine rings is 1. The summed E-state index contributed by atoms with van der Waals surface area (Å²) < 4.78 is 0. The first-order valence-electron chi connectivity index (χ1n) is 5.92. The van der Waals surface area contributed by atoms with Gasteiger partial charge in [0.15, 0.2) is 0 Å². The van der Waals surface area contributed by atoms with Gasteiger partial charge >= 0.3 is 0 Å². The average molecular weight is 222 g/mol. The molecule has 1 rings (SSSR count). The Morgan fingerprint density at radius 1 is 1.38 bits per heavy atom. The zero-order valence-corrected chi connectivity index (χ0v) is 10.4. The maximum Gasteiger partial charge on any atom is 0.0445 e. The molecule has 0 aliphatic heterocycles. The van der Waals surface area contributed by atoms with Crippen molar-refractivity contribution in [3.05, 3.63) is 30.1 Å². The third-order valence-corrected chi connectivity index (χ3v) is 2.74. The van der Waals surface area contributed by atoms with E-state index in [1.165, 1.54) is 5.56 Å². The molecule has 0 saturated carbocycles. The molecule has 0 spiro atoms. The molecule has 2 unspecified atom stereocenters. The van der Waals surface area contributed by atoms with Crippen molar-refractivity contribution in [2.45, 2.75) is 39.3 Å². The van der Waals surface area contributed by atoms with Gasteiger partial charge in [-0.2, -0.15) is 0 Å². The normalized spacial score (nSPS) is 15.1. The zero-order chi connectivity index (χ0) is 12.0. The van der Waals surface area contributed by atoms with Crippen molar-refractivity contribution in [2.24, 2.45) is 5.92 Å². The van der Waals surface area contributed by atoms with Crippen LogP contribution in [0, 0.1) is 5.92 Å². The molecule has 0 radical (unpaired) electrons. The number of aliphatic hydroxyl groups is 1. The topological polar surface area (TPSA) is 45.1 Å². The first-order chi connectivity index (χ1) is 7.65. The summed E-state index contributed by atoms with van der Waals surface area (Å²) in [6.07, 6.45) is 4.48. The van der Waals surface area contributed by atoms with Crippen molar-refractivity contribution in [1.29, 1.82) is 0 Å². The molecule has 2 N–H and O–H groups in total. The van der Waals surface area contributed by atoms with Gasteiger partial charge in [-0.1, -0.05) is 19.9 Å². The molecule has 0 fully saturated rings. The molecule has 0 aliphatic rings. The van der Waals surface area contributed by atoms with Crippen molar-refractivity contribution in [2.75, 3.05) is 6.61 Å². The standard InChI is InChI=1S/C13H22N2O/c1-10(2)13(15-11(3)6-8-16)12-5-4-7-14-9-12/h4-5,7,9-11,13,15-16H,6,8H2,1-3H3. The van der Waals surface area contributed by atoms with Gasteiger partial charge < -0.3 is 10.4 Å². The first-order valence-corrected chi connectivity index (χ1v) is 5.92. The summed E-state index contributed by atoms with van der Waals surface area (Å²) in [5.41, 5.74) is 1.21. The molecule has 0 aliphatic carbocycles. The molecule has 0 saturated heterocycles. The van der Waals surface area contributed by atoms with Crippen LogP contribution in [0.2, 0.25) is 0 Å². The van der Waals surface area contributed by atoms with E-state index in [4.69, 9.17) is 5.11 Å². The van der Waals surface area contributed by atoms with Crippen molar-refractivity contribution < 1.29 is 5.11 Å². The molecular weight excluding hydrogens is 200 g/mol. The number of rotatable bonds is 6. The van der Waals surface area contributed by atoms with Crippen molar-refractivity contribution in [1.82, 2.24) is 10.3 Å². The van der Waals surface area contributed by atoms with Gasteiger partial charge in [0.2, 0.25) is 0 Å². The Kier molecular flexibility index (Phi) is 5.43. The van der Waals surface area contributed by atoms with Crippen molar-refractivity contribution >= 4 is 0 Å². The third-order valence-electron chi connectivity index (χ3n) is 2.74. The van der Waals surface area contributed by atoms with Gasteiger partial charge in [-0.05, 0) is 30.9 Å². The van der Waals surface area contributed by atoms with Crippen LogP contribution >= 0.6 is 0 Å². The number of aliphatic hydroxyl groups excluding tert-OH is 1. The highest BCUT2D eigenvalue weighted by molar-refractivity contribution is 5.14. The Morgan fingerprint density at radius 2 is 2.12 bits per heavy atom. The Hall–Kier alpha value is -0.930. The Morgan fingerprint density at radius 3 is 2.62 bits per heavy atom. The fraction of sp³-hybridized carbons (Fsp3) is 0.615. The minimum Gasteiger partial charge on any atom is -0.396 e. The minimum absolute atomic E-state index is 0.228. The van der Waals surface area contributed by atoms with E-state index in [9.17, 15) is 0 Å². The lowest BCUT2D eigenvalue weighted by Crippen LogP contribution is -2.34. The van der Waals surface area contributed by atoms with Crippen LogP contribution in [0.3, 0.4) is 0 Å². The SMILES string of the molecule is CC(CCO)NC(c1cccnc1)C(C)C. The maximum atomic E-state index is 8.91. The average Bonchev–Trinajstić information content (AvgIpc) is 2.27. The zero-order valence-electron chi connectivity index (χ0n) is 10.4. The highest BCUT2D eigenvalue weighted by atomic mass is 16.3. The van der Waals surface area contributed by atoms with E-state index in [1.807, 2.05) is 12.3 Å². The molecule has 1 heterocycles. The number of nitrogens with zero attached hydrogens (tertiary/aromatic N) is 1. The molecule has 90 valence electrons. The maximum absolute atomic E-state index is 8.91. The van der Waals surface area contributed by atoms with Crippen molar-refractivity contribution in [3.8, 4) is 0 Å². The summed E-state index contributed by atoms with van der Waals surface area (Å²) in [4.78, 5) is 4.15. The predicted octanol–water partition coefficient (Wildman–Crippen LogP) is 2.14. The van der Waals surface area contributed by atoms with Crippen LogP contribution < -0.4 is 5.32 Å². The quantitative estimate of drug-likeness (QED) is 0.775. The first kappa shape index (κ1) is 13.1. The van der Waals surface area contributed by atoms with E-state index in [-0.39, 0.29) is 6.61 Å². The van der Waals surface area contributed by atoms with E-state index in [0.717, 1.165) is 6.42 Å². The highest BCUT2D eigenvalue weighted by Gasteiger charge is 2.17. The lowest BCUT2D eigenvalue weighted by Gasteiger charge is -2.26. The molecular formula is C13H22N2O. The van der Waals surface area contributed by atoms with E-state index in [2.05, 4.69) is 37.1 Å². The summed E-state index contributed by atoms with van der Waals surface area (Å²) >= 11 is 0. The van der Waals surface area contributed by atoms with Crippen LogP contribution in [0.1, 0.15) is 38.8 Å². The molecule has 0 amide bonds. The lowest BCUT2D eigenvalue weighted by atomic mass is 9.96. The predicted molar refractivity (Wildman–Crippen MR) is 66.1 cm³/mol. The van der Waals surface area contributed by atoms with Gasteiger partial charge in [0.05, 0.1) is 0 Å². The van der Waals surface area contributed by atoms with Gasteiger partial charge in [0.1, 0.15) is 0 Å². The van der Waals surface area contributed by atoms with Crippen LogP contribution in [-0.2, 0) is 0 Å². The van der Waals surface area contributed by atoms with Crippen molar-refractivity contribution in [3.63, 3.8) is 0 Å². The van der Waals surface area contributed by atoms with Crippen LogP contribution in [0.25, 0.3) is 0 Å². The largest absolute Gasteiger partial charge is 0.396 e. The van der Waals surface area contributed by atoms with Gasteiger partial charge in [-0.15, -0.1) is 0 Å². The fourth-order valence-electron chi connectivity index (χ4n) is 1.82. The number of aromatic nitrogens is 1. The summed E-state index contributed by atoms with van der Waals surface area (Å²) in [5, 5.41) is 12.4. The van der Waals surface area contributed by atoms with Crippen LogP contribution in [0.15, 0.2) is 24.5 Å². The van der Waals surface area contributed by atoms with Gasteiger partial charge in [-0.25, -0.2) is 0 Å². The van der Waals surface area contributed by atoms with E-state index >= 15 is 0 Å². The summed E-state index contributed by atoms with van der Waals surface area (Å²) in [6, 6.07) is 4.67. The number of hydrogen-bond donors (Lipinski definition) is 2. The smallest absolute Gasteiger partial charge is 0.0445 e. The molecule has 3 heteroatoms. The van der Waals surface area contributed by atoms with Crippen LogP contribution in [0.4, 0.5) is 0 Å². The Bertz CT molecular complexity index is 287. The molecule has 1 aromatic rings. The van der Waals surface area contributed by atoms with E-state index in [0.29, 0.717) is 18.0 Å². The van der Waals surface area contributed by atoms with Gasteiger partial charge in [0, 0.05) is 31.1 Å². The van der Waals surface area contributed by atoms with E-state index in [1.54, 1.807) is 6.20 Å². The van der Waals surface area contributed by atoms with Crippen LogP contribution in [-0.4, -0.2) is 22.7 Å². The molecule has 3 nitrogen and oxygen atoms in total. The lowest BCUT2D eigenvalue weighted by molar-refractivity contribution is 0.255. The van der Waals surface area contributed by atoms with E-state index < -0.39 is 0 Å². The van der Waals surface area contributed by atoms with Gasteiger partial charge in [0.25, 0.3) is 0 Å². The Balaban J connectivity index is 2.69. The summed E-state index contributed by atoms with van der Waals surface area (Å²) in [5.74, 6) is 0.505. The number of nitrogens with one attached hydrogen (secondary N) is 1. The molecule has 1 aromatic heterocycles. The monoisotopic (exact) mass is 222 g/mol. The summed E-state index contributed by atoms with van der Waals surface area (Å²) in [6.45, 7) is 6.71.